The second kappa shape index (κ2) is 5.24. The Morgan fingerprint density at radius 3 is 2.78 bits per heavy atom. The number of halogens is 2. The van der Waals surface area contributed by atoms with Crippen LogP contribution in [0, 0.1) is 11.6 Å². The van der Waals surface area contributed by atoms with Gasteiger partial charge in [0, 0.05) is 6.07 Å². The molecule has 6 nitrogen and oxygen atoms in total. The molecule has 2 aliphatic rings. The fraction of sp³-hybridized carbons (Fsp3) is 0.0667. The van der Waals surface area contributed by atoms with Crippen LogP contribution in [-0.4, -0.2) is 24.9 Å². The SMILES string of the molecule is Fc1cccc(-c2nc3cnn(Cc4ccno4)cc-3n2)c1F. The van der Waals surface area contributed by atoms with Crippen molar-refractivity contribution >= 4 is 0 Å². The maximum absolute atomic E-state index is 13.9. The third-order valence-electron chi connectivity index (χ3n) is 3.32. The highest BCUT2D eigenvalue weighted by Gasteiger charge is 2.18. The van der Waals surface area contributed by atoms with Gasteiger partial charge in [-0.1, -0.05) is 11.2 Å². The summed E-state index contributed by atoms with van der Waals surface area (Å²) in [7, 11) is 0. The summed E-state index contributed by atoms with van der Waals surface area (Å²) in [6.45, 7) is 0.381. The van der Waals surface area contributed by atoms with Crippen LogP contribution >= 0.6 is 0 Å². The highest BCUT2D eigenvalue weighted by atomic mass is 19.2. The Morgan fingerprint density at radius 1 is 1.09 bits per heavy atom. The lowest BCUT2D eigenvalue weighted by Gasteiger charge is -2.03. The van der Waals surface area contributed by atoms with E-state index in [-0.39, 0.29) is 11.4 Å². The largest absolute Gasteiger partial charge is 0.359 e. The van der Waals surface area contributed by atoms with E-state index < -0.39 is 11.6 Å². The van der Waals surface area contributed by atoms with E-state index in [0.29, 0.717) is 23.7 Å². The standard InChI is InChI=1S/C15H9F2N5O/c16-11-3-1-2-10(14(11)17)15-20-12-6-18-22(8-13(12)21-15)7-9-4-5-19-23-9/h1-6,8H,7H2. The highest BCUT2D eigenvalue weighted by molar-refractivity contribution is 5.65. The Kier molecular flexibility index (Phi) is 3.07. The molecular weight excluding hydrogens is 304 g/mol. The van der Waals surface area contributed by atoms with Crippen LogP contribution < -0.4 is 0 Å². The highest BCUT2D eigenvalue weighted by Crippen LogP contribution is 2.26. The first-order valence-corrected chi connectivity index (χ1v) is 6.75. The van der Waals surface area contributed by atoms with Gasteiger partial charge in [0.15, 0.2) is 23.2 Å². The van der Waals surface area contributed by atoms with Crippen molar-refractivity contribution in [3.05, 3.63) is 60.3 Å². The molecule has 114 valence electrons. The summed E-state index contributed by atoms with van der Waals surface area (Å²) in [4.78, 5) is 8.44. The Balaban J connectivity index is 1.74. The summed E-state index contributed by atoms with van der Waals surface area (Å²) in [5.41, 5.74) is 1.04. The van der Waals surface area contributed by atoms with Crippen molar-refractivity contribution in [3.8, 4) is 22.8 Å². The third kappa shape index (κ3) is 2.44. The number of fused-ring (bicyclic) bond motifs is 1. The van der Waals surface area contributed by atoms with Crippen molar-refractivity contribution in [2.24, 2.45) is 0 Å². The molecule has 23 heavy (non-hydrogen) atoms. The van der Waals surface area contributed by atoms with Crippen LogP contribution in [0.3, 0.4) is 0 Å². The van der Waals surface area contributed by atoms with Crippen LogP contribution in [-0.2, 0) is 6.54 Å². The monoisotopic (exact) mass is 313 g/mol. The van der Waals surface area contributed by atoms with E-state index in [4.69, 9.17) is 4.52 Å². The van der Waals surface area contributed by atoms with Crippen LogP contribution in [0.25, 0.3) is 22.8 Å². The molecule has 0 aliphatic carbocycles. The van der Waals surface area contributed by atoms with Crippen molar-refractivity contribution < 1.29 is 13.3 Å². The number of nitrogens with zero attached hydrogens (tertiary/aromatic N) is 5. The molecule has 8 heteroatoms. The maximum Gasteiger partial charge on any atom is 0.169 e. The van der Waals surface area contributed by atoms with Gasteiger partial charge in [-0.3, -0.25) is 4.68 Å². The van der Waals surface area contributed by atoms with E-state index in [2.05, 4.69) is 20.2 Å². The molecule has 3 heterocycles. The zero-order chi connectivity index (χ0) is 15.8. The molecule has 4 rings (SSSR count). The van der Waals surface area contributed by atoms with Crippen LogP contribution in [0.4, 0.5) is 8.78 Å². The maximum atomic E-state index is 13.9. The minimum absolute atomic E-state index is 0.0167. The summed E-state index contributed by atoms with van der Waals surface area (Å²) in [5, 5.41) is 7.81. The fourth-order valence-corrected chi connectivity index (χ4v) is 2.23. The molecular formula is C15H9F2N5O. The molecule has 0 fully saturated rings. The fourth-order valence-electron chi connectivity index (χ4n) is 2.23. The van der Waals surface area contributed by atoms with E-state index >= 15 is 0 Å². The van der Waals surface area contributed by atoms with Gasteiger partial charge in [0.05, 0.1) is 24.2 Å². The number of imidazole rings is 1. The molecule has 1 aromatic heterocycles. The van der Waals surface area contributed by atoms with Gasteiger partial charge in [0.1, 0.15) is 17.9 Å². The summed E-state index contributed by atoms with van der Waals surface area (Å²) >= 11 is 0. The van der Waals surface area contributed by atoms with Crippen molar-refractivity contribution in [2.45, 2.75) is 6.54 Å². The van der Waals surface area contributed by atoms with Crippen molar-refractivity contribution in [3.63, 3.8) is 0 Å². The Hall–Kier alpha value is -3.16. The molecule has 0 bridgehead atoms. The number of hydrogen-bond donors (Lipinski definition) is 0. The Morgan fingerprint density at radius 2 is 1.96 bits per heavy atom. The zero-order valence-corrected chi connectivity index (χ0v) is 11.6. The van der Waals surface area contributed by atoms with Gasteiger partial charge in [-0.15, -0.1) is 0 Å². The van der Waals surface area contributed by atoms with Crippen LogP contribution in [0.2, 0.25) is 0 Å². The molecule has 0 radical (unpaired) electrons. The van der Waals surface area contributed by atoms with Crippen LogP contribution in [0.5, 0.6) is 0 Å². The van der Waals surface area contributed by atoms with E-state index in [9.17, 15) is 8.78 Å². The third-order valence-corrected chi connectivity index (χ3v) is 3.32. The van der Waals surface area contributed by atoms with Gasteiger partial charge in [-0.2, -0.15) is 5.10 Å². The van der Waals surface area contributed by atoms with E-state index in [1.54, 1.807) is 23.1 Å². The van der Waals surface area contributed by atoms with Gasteiger partial charge in [0.2, 0.25) is 0 Å². The molecule has 0 unspecified atom stereocenters. The van der Waals surface area contributed by atoms with E-state index in [0.717, 1.165) is 6.07 Å². The number of hydrogen-bond acceptors (Lipinski definition) is 5. The van der Waals surface area contributed by atoms with Gasteiger partial charge in [0.25, 0.3) is 0 Å². The second-order valence-electron chi connectivity index (χ2n) is 4.87. The van der Waals surface area contributed by atoms with E-state index in [1.165, 1.54) is 18.3 Å². The Bertz CT molecular complexity index is 935. The molecule has 0 N–H and O–H groups in total. The average molecular weight is 313 g/mol. The number of aromatic nitrogens is 5. The Labute approximate surface area is 128 Å². The molecule has 2 aromatic rings. The quantitative estimate of drug-likeness (QED) is 0.581. The summed E-state index contributed by atoms with van der Waals surface area (Å²) < 4.78 is 33.8. The normalized spacial score (nSPS) is 11.2. The second-order valence-corrected chi connectivity index (χ2v) is 4.87. The molecule has 0 saturated heterocycles. The molecule has 1 aromatic carbocycles. The average Bonchev–Trinajstić information content (AvgIpc) is 3.19. The van der Waals surface area contributed by atoms with Gasteiger partial charge < -0.3 is 4.52 Å². The molecule has 0 atom stereocenters. The first-order valence-electron chi connectivity index (χ1n) is 6.75. The summed E-state index contributed by atoms with van der Waals surface area (Å²) in [6, 6.07) is 5.62. The van der Waals surface area contributed by atoms with Crippen molar-refractivity contribution in [2.75, 3.05) is 0 Å². The number of benzene rings is 1. The van der Waals surface area contributed by atoms with Gasteiger partial charge in [-0.05, 0) is 12.1 Å². The van der Waals surface area contributed by atoms with Gasteiger partial charge >= 0.3 is 0 Å². The lowest BCUT2D eigenvalue weighted by Crippen LogP contribution is -2.04. The molecule has 2 aliphatic heterocycles. The summed E-state index contributed by atoms with van der Waals surface area (Å²) in [6.07, 6.45) is 4.71. The lowest BCUT2D eigenvalue weighted by molar-refractivity contribution is 0.370. The lowest BCUT2D eigenvalue weighted by atomic mass is 10.2. The minimum Gasteiger partial charge on any atom is -0.359 e. The van der Waals surface area contributed by atoms with Crippen molar-refractivity contribution in [1.29, 1.82) is 0 Å². The summed E-state index contributed by atoms with van der Waals surface area (Å²) in [5.74, 6) is -1.14. The minimum atomic E-state index is -0.967. The first kappa shape index (κ1) is 13.5. The predicted molar refractivity (Wildman–Crippen MR) is 75.4 cm³/mol. The topological polar surface area (TPSA) is 69.6 Å². The van der Waals surface area contributed by atoms with Gasteiger partial charge in [-0.25, -0.2) is 18.7 Å². The molecule has 0 spiro atoms. The van der Waals surface area contributed by atoms with Crippen LogP contribution in [0.1, 0.15) is 5.76 Å². The van der Waals surface area contributed by atoms with Crippen LogP contribution in [0.15, 0.2) is 47.4 Å². The first-order chi connectivity index (χ1) is 11.2. The zero-order valence-electron chi connectivity index (χ0n) is 11.6. The number of rotatable bonds is 3. The van der Waals surface area contributed by atoms with Crippen molar-refractivity contribution in [1.82, 2.24) is 24.9 Å². The molecule has 0 saturated carbocycles. The van der Waals surface area contributed by atoms with E-state index in [1.807, 2.05) is 0 Å². The molecule has 0 amide bonds. The predicted octanol–water partition coefficient (Wildman–Crippen LogP) is 2.76. The smallest absolute Gasteiger partial charge is 0.169 e.